The maximum atomic E-state index is 11.7. The Labute approximate surface area is 135 Å². The van der Waals surface area contributed by atoms with E-state index in [1.54, 1.807) is 6.26 Å². The second-order valence-corrected chi connectivity index (χ2v) is 5.67. The number of carbonyl (C=O) groups excluding carboxylic acids is 1. The summed E-state index contributed by atoms with van der Waals surface area (Å²) in [6, 6.07) is 8.02. The van der Waals surface area contributed by atoms with Gasteiger partial charge in [0.05, 0.1) is 11.2 Å². The molecule has 1 heterocycles. The second-order valence-electron chi connectivity index (χ2n) is 5.67. The van der Waals surface area contributed by atoms with Crippen LogP contribution in [-0.4, -0.2) is 23.0 Å². The number of amides is 1. The molecule has 6 heteroatoms. The van der Waals surface area contributed by atoms with Crippen molar-refractivity contribution in [3.05, 3.63) is 41.8 Å². The molecule has 2 aromatic rings. The zero-order valence-electron chi connectivity index (χ0n) is 12.5. The van der Waals surface area contributed by atoms with Gasteiger partial charge in [0.2, 0.25) is 11.8 Å². The van der Waals surface area contributed by atoms with E-state index in [0.29, 0.717) is 18.9 Å². The lowest BCUT2D eigenvalue weighted by atomic mass is 10.1. The van der Waals surface area contributed by atoms with Crippen LogP contribution in [0.5, 0.6) is 0 Å². The SMILES string of the molecule is Cc1ccc(-c2nc(CCNC(=O)C3(N)CC3)co2)cc1.Cl. The van der Waals surface area contributed by atoms with Crippen LogP contribution in [0.1, 0.15) is 24.1 Å². The molecule has 0 bridgehead atoms. The van der Waals surface area contributed by atoms with Crippen LogP contribution in [0.25, 0.3) is 11.5 Å². The Balaban J connectivity index is 0.00000176. The first kappa shape index (κ1) is 16.5. The summed E-state index contributed by atoms with van der Waals surface area (Å²) < 4.78 is 5.48. The van der Waals surface area contributed by atoms with Crippen LogP contribution < -0.4 is 11.1 Å². The average molecular weight is 322 g/mol. The summed E-state index contributed by atoms with van der Waals surface area (Å²) in [4.78, 5) is 16.1. The summed E-state index contributed by atoms with van der Waals surface area (Å²) in [7, 11) is 0. The topological polar surface area (TPSA) is 81.2 Å². The van der Waals surface area contributed by atoms with Crippen LogP contribution in [0, 0.1) is 6.92 Å². The lowest BCUT2D eigenvalue weighted by molar-refractivity contribution is -0.123. The predicted molar refractivity (Wildman–Crippen MR) is 86.8 cm³/mol. The Morgan fingerprint density at radius 2 is 2.05 bits per heavy atom. The number of benzene rings is 1. The minimum absolute atomic E-state index is 0. The number of rotatable bonds is 5. The van der Waals surface area contributed by atoms with E-state index < -0.39 is 5.54 Å². The smallest absolute Gasteiger partial charge is 0.240 e. The molecule has 0 saturated heterocycles. The van der Waals surface area contributed by atoms with Crippen molar-refractivity contribution in [2.75, 3.05) is 6.54 Å². The van der Waals surface area contributed by atoms with Gasteiger partial charge in [-0.25, -0.2) is 4.98 Å². The number of oxazole rings is 1. The molecule has 3 N–H and O–H groups in total. The first-order valence-corrected chi connectivity index (χ1v) is 7.15. The summed E-state index contributed by atoms with van der Waals surface area (Å²) in [5.41, 5.74) is 8.18. The van der Waals surface area contributed by atoms with E-state index in [1.165, 1.54) is 5.56 Å². The Morgan fingerprint density at radius 1 is 1.36 bits per heavy atom. The summed E-state index contributed by atoms with van der Waals surface area (Å²) in [5, 5.41) is 2.84. The number of halogens is 1. The molecule has 0 atom stereocenters. The normalized spacial score (nSPS) is 15.0. The molecule has 5 nitrogen and oxygen atoms in total. The van der Waals surface area contributed by atoms with E-state index in [0.717, 1.165) is 24.1 Å². The Bertz CT molecular complexity index is 648. The van der Waals surface area contributed by atoms with E-state index in [2.05, 4.69) is 10.3 Å². The van der Waals surface area contributed by atoms with Crippen LogP contribution in [0.15, 0.2) is 34.9 Å². The van der Waals surface area contributed by atoms with Gasteiger partial charge in [0.15, 0.2) is 0 Å². The quantitative estimate of drug-likeness (QED) is 0.884. The zero-order chi connectivity index (χ0) is 14.9. The minimum Gasteiger partial charge on any atom is -0.444 e. The van der Waals surface area contributed by atoms with Crippen LogP contribution in [-0.2, 0) is 11.2 Å². The van der Waals surface area contributed by atoms with Crippen molar-refractivity contribution in [1.82, 2.24) is 10.3 Å². The van der Waals surface area contributed by atoms with Gasteiger partial charge in [0.1, 0.15) is 6.26 Å². The molecule has 3 rings (SSSR count). The van der Waals surface area contributed by atoms with Crippen LogP contribution >= 0.6 is 12.4 Å². The highest BCUT2D eigenvalue weighted by Crippen LogP contribution is 2.32. The average Bonchev–Trinajstić information content (AvgIpc) is 3.06. The Morgan fingerprint density at radius 3 is 2.68 bits per heavy atom. The largest absolute Gasteiger partial charge is 0.444 e. The van der Waals surface area contributed by atoms with Gasteiger partial charge in [0.25, 0.3) is 0 Å². The molecule has 1 aliphatic rings. The molecule has 1 aromatic heterocycles. The molecule has 1 fully saturated rings. The number of aromatic nitrogens is 1. The van der Waals surface area contributed by atoms with Crippen molar-refractivity contribution in [3.8, 4) is 11.5 Å². The molecule has 0 aliphatic heterocycles. The molecular formula is C16H20ClN3O2. The van der Waals surface area contributed by atoms with Gasteiger partial charge in [-0.05, 0) is 31.9 Å². The number of nitrogens with two attached hydrogens (primary N) is 1. The molecule has 0 unspecified atom stereocenters. The van der Waals surface area contributed by atoms with Gasteiger partial charge in [-0.1, -0.05) is 17.7 Å². The number of hydrogen-bond donors (Lipinski definition) is 2. The fourth-order valence-electron chi connectivity index (χ4n) is 2.09. The maximum absolute atomic E-state index is 11.7. The van der Waals surface area contributed by atoms with E-state index >= 15 is 0 Å². The van der Waals surface area contributed by atoms with E-state index in [-0.39, 0.29) is 18.3 Å². The van der Waals surface area contributed by atoms with Crippen molar-refractivity contribution in [1.29, 1.82) is 0 Å². The highest BCUT2D eigenvalue weighted by atomic mass is 35.5. The number of nitrogens with zero attached hydrogens (tertiary/aromatic N) is 1. The standard InChI is InChI=1S/C16H19N3O2.ClH/c1-11-2-4-12(5-3-11)14-19-13(10-21-14)6-9-18-15(20)16(17)7-8-16;/h2-5,10H,6-9,17H2,1H3,(H,18,20);1H. The Kier molecular flexibility index (Phi) is 4.88. The third kappa shape index (κ3) is 3.67. The fourth-order valence-corrected chi connectivity index (χ4v) is 2.09. The highest BCUT2D eigenvalue weighted by molar-refractivity contribution is 5.88. The van der Waals surface area contributed by atoms with Crippen LogP contribution in [0.3, 0.4) is 0 Å². The molecule has 1 aromatic carbocycles. The van der Waals surface area contributed by atoms with Crippen LogP contribution in [0.2, 0.25) is 0 Å². The summed E-state index contributed by atoms with van der Waals surface area (Å²) in [6.07, 6.45) is 3.83. The maximum Gasteiger partial charge on any atom is 0.240 e. The molecule has 0 spiro atoms. The number of nitrogens with one attached hydrogen (secondary N) is 1. The predicted octanol–water partition coefficient (Wildman–Crippen LogP) is 2.22. The molecule has 118 valence electrons. The van der Waals surface area contributed by atoms with Gasteiger partial charge in [0, 0.05) is 18.5 Å². The summed E-state index contributed by atoms with van der Waals surface area (Å²) >= 11 is 0. The van der Waals surface area contributed by atoms with Crippen molar-refractivity contribution in [2.24, 2.45) is 5.73 Å². The minimum atomic E-state index is -0.614. The molecule has 1 amide bonds. The Hall–Kier alpha value is -1.85. The summed E-state index contributed by atoms with van der Waals surface area (Å²) in [5.74, 6) is 0.540. The third-order valence-corrected chi connectivity index (χ3v) is 3.76. The molecule has 1 saturated carbocycles. The third-order valence-electron chi connectivity index (χ3n) is 3.76. The van der Waals surface area contributed by atoms with E-state index in [9.17, 15) is 4.79 Å². The fraction of sp³-hybridized carbons (Fsp3) is 0.375. The van der Waals surface area contributed by atoms with E-state index in [4.69, 9.17) is 10.2 Å². The highest BCUT2D eigenvalue weighted by Gasteiger charge is 2.45. The number of hydrogen-bond acceptors (Lipinski definition) is 4. The second kappa shape index (κ2) is 6.50. The van der Waals surface area contributed by atoms with Gasteiger partial charge >= 0.3 is 0 Å². The first-order chi connectivity index (χ1) is 10.1. The number of aryl methyl sites for hydroxylation is 1. The molecule has 22 heavy (non-hydrogen) atoms. The zero-order valence-corrected chi connectivity index (χ0v) is 13.3. The summed E-state index contributed by atoms with van der Waals surface area (Å²) in [6.45, 7) is 2.56. The van der Waals surface area contributed by atoms with Crippen LogP contribution in [0.4, 0.5) is 0 Å². The van der Waals surface area contributed by atoms with Crippen molar-refractivity contribution < 1.29 is 9.21 Å². The monoisotopic (exact) mass is 321 g/mol. The van der Waals surface area contributed by atoms with Crippen molar-refractivity contribution in [3.63, 3.8) is 0 Å². The molecule has 1 aliphatic carbocycles. The van der Waals surface area contributed by atoms with Gasteiger partial charge < -0.3 is 15.5 Å². The molecule has 0 radical (unpaired) electrons. The lowest BCUT2D eigenvalue weighted by Crippen LogP contribution is -2.43. The van der Waals surface area contributed by atoms with Gasteiger partial charge in [-0.2, -0.15) is 0 Å². The first-order valence-electron chi connectivity index (χ1n) is 7.15. The lowest BCUT2D eigenvalue weighted by Gasteiger charge is -2.08. The molecular weight excluding hydrogens is 302 g/mol. The van der Waals surface area contributed by atoms with E-state index in [1.807, 2.05) is 31.2 Å². The van der Waals surface area contributed by atoms with Crippen molar-refractivity contribution in [2.45, 2.75) is 31.7 Å². The van der Waals surface area contributed by atoms with Gasteiger partial charge in [-0.15, -0.1) is 12.4 Å². The van der Waals surface area contributed by atoms with Gasteiger partial charge in [-0.3, -0.25) is 4.79 Å². The van der Waals surface area contributed by atoms with Crippen molar-refractivity contribution >= 4 is 18.3 Å². The number of carbonyl (C=O) groups is 1.